The lowest BCUT2D eigenvalue weighted by molar-refractivity contribution is -0.122. The molecule has 0 radical (unpaired) electrons. The number of fused-ring (bicyclic) bond motifs is 1. The molecule has 1 fully saturated rings. The van der Waals surface area contributed by atoms with Crippen molar-refractivity contribution in [3.63, 3.8) is 0 Å². The minimum absolute atomic E-state index is 0.0382. The molecule has 1 atom stereocenters. The van der Waals surface area contributed by atoms with Gasteiger partial charge in [-0.3, -0.25) is 14.2 Å². The van der Waals surface area contributed by atoms with Gasteiger partial charge in [-0.2, -0.15) is 0 Å². The molecule has 124 valence electrons. The lowest BCUT2D eigenvalue weighted by Gasteiger charge is -2.23. The Kier molecular flexibility index (Phi) is 4.03. The van der Waals surface area contributed by atoms with Crippen LogP contribution >= 0.6 is 0 Å². The van der Waals surface area contributed by atoms with Crippen molar-refractivity contribution in [2.45, 2.75) is 25.4 Å². The maximum absolute atomic E-state index is 12.5. The molecule has 2 aromatic heterocycles. The highest BCUT2D eigenvalue weighted by atomic mass is 16.2. The number of aryl methyl sites for hydroxylation is 2. The Labute approximate surface area is 131 Å². The number of aromatic nitrogens is 4. The third kappa shape index (κ3) is 2.79. The molecule has 2 N–H and O–H groups in total. The molecule has 1 saturated heterocycles. The predicted molar refractivity (Wildman–Crippen MR) is 84.2 cm³/mol. The highest BCUT2D eigenvalue weighted by Crippen LogP contribution is 2.03. The van der Waals surface area contributed by atoms with E-state index in [4.69, 9.17) is 0 Å². The van der Waals surface area contributed by atoms with E-state index in [0.717, 1.165) is 24.0 Å². The number of amides is 1. The Morgan fingerprint density at radius 1 is 1.43 bits per heavy atom. The Morgan fingerprint density at radius 2 is 2.22 bits per heavy atom. The fourth-order valence-corrected chi connectivity index (χ4v) is 2.93. The van der Waals surface area contributed by atoms with Crippen molar-refractivity contribution in [1.29, 1.82) is 0 Å². The van der Waals surface area contributed by atoms with E-state index in [2.05, 4.69) is 15.6 Å². The summed E-state index contributed by atoms with van der Waals surface area (Å²) in [6.07, 6.45) is 3.36. The largest absolute Gasteiger partial charge is 0.351 e. The quantitative estimate of drug-likeness (QED) is 0.702. The van der Waals surface area contributed by atoms with Crippen molar-refractivity contribution >= 4 is 17.1 Å². The van der Waals surface area contributed by atoms with E-state index in [0.29, 0.717) is 17.7 Å². The Balaban J connectivity index is 1.90. The molecule has 23 heavy (non-hydrogen) atoms. The van der Waals surface area contributed by atoms with Crippen molar-refractivity contribution in [3.8, 4) is 0 Å². The molecule has 0 aliphatic carbocycles. The molecule has 0 bridgehead atoms. The van der Waals surface area contributed by atoms with Crippen LogP contribution in [0.1, 0.15) is 12.8 Å². The molecule has 0 saturated carbocycles. The molecule has 1 amide bonds. The maximum atomic E-state index is 12.5. The van der Waals surface area contributed by atoms with Gasteiger partial charge in [-0.15, -0.1) is 0 Å². The van der Waals surface area contributed by atoms with Gasteiger partial charge in [-0.25, -0.2) is 14.3 Å². The van der Waals surface area contributed by atoms with E-state index >= 15 is 0 Å². The third-order valence-corrected chi connectivity index (χ3v) is 4.16. The number of hydrogen-bond acceptors (Lipinski definition) is 5. The van der Waals surface area contributed by atoms with Crippen LogP contribution in [0.4, 0.5) is 0 Å². The summed E-state index contributed by atoms with van der Waals surface area (Å²) in [7, 11) is 3.22. The summed E-state index contributed by atoms with van der Waals surface area (Å²) in [5.74, 6) is -0.334. The first kappa shape index (κ1) is 15.5. The monoisotopic (exact) mass is 320 g/mol. The molecule has 2 aromatic rings. The zero-order valence-electron chi connectivity index (χ0n) is 13.2. The summed E-state index contributed by atoms with van der Waals surface area (Å²) in [6, 6.07) is 0.0382. The number of carbonyl (C=O) groups excluding carboxylic acids is 1. The van der Waals surface area contributed by atoms with Gasteiger partial charge in [0.1, 0.15) is 6.54 Å². The topological polar surface area (TPSA) is 103 Å². The molecule has 1 aliphatic heterocycles. The smallest absolute Gasteiger partial charge is 0.332 e. The molecule has 3 rings (SSSR count). The van der Waals surface area contributed by atoms with Crippen LogP contribution < -0.4 is 21.9 Å². The average molecular weight is 320 g/mol. The molecule has 9 nitrogen and oxygen atoms in total. The van der Waals surface area contributed by atoms with Crippen molar-refractivity contribution in [3.05, 3.63) is 27.2 Å². The summed E-state index contributed by atoms with van der Waals surface area (Å²) in [6.45, 7) is 1.37. The van der Waals surface area contributed by atoms with Crippen LogP contribution in [0.2, 0.25) is 0 Å². The van der Waals surface area contributed by atoms with E-state index < -0.39 is 11.2 Å². The Morgan fingerprint density at radius 3 is 2.91 bits per heavy atom. The van der Waals surface area contributed by atoms with E-state index in [1.54, 1.807) is 11.6 Å². The lowest BCUT2D eigenvalue weighted by atomic mass is 10.1. The number of hydrogen-bond donors (Lipinski definition) is 2. The Hall–Kier alpha value is -2.42. The fraction of sp³-hybridized carbons (Fsp3) is 0.571. The van der Waals surface area contributed by atoms with Gasteiger partial charge in [0, 0.05) is 26.7 Å². The minimum Gasteiger partial charge on any atom is -0.351 e. The SMILES string of the molecule is Cn1cnc2c1c(=O)n(CC(=O)N[C@H]1CCCNC1)c(=O)n2C. The normalized spacial score (nSPS) is 18.3. The number of nitrogens with zero attached hydrogens (tertiary/aromatic N) is 4. The molecule has 3 heterocycles. The van der Waals surface area contributed by atoms with Crippen LogP contribution in [0.25, 0.3) is 11.2 Å². The first-order valence-corrected chi connectivity index (χ1v) is 7.60. The van der Waals surface area contributed by atoms with Gasteiger partial charge >= 0.3 is 5.69 Å². The second-order valence-electron chi connectivity index (χ2n) is 5.87. The van der Waals surface area contributed by atoms with Crippen molar-refractivity contribution in [1.82, 2.24) is 29.3 Å². The van der Waals surface area contributed by atoms with Crippen molar-refractivity contribution in [2.75, 3.05) is 13.1 Å². The van der Waals surface area contributed by atoms with Gasteiger partial charge in [0.15, 0.2) is 11.2 Å². The summed E-state index contributed by atoms with van der Waals surface area (Å²) >= 11 is 0. The fourth-order valence-electron chi connectivity index (χ4n) is 2.93. The first-order valence-electron chi connectivity index (χ1n) is 7.60. The number of carbonyl (C=O) groups is 1. The molecule has 0 unspecified atom stereocenters. The van der Waals surface area contributed by atoms with E-state index in [1.165, 1.54) is 17.9 Å². The minimum atomic E-state index is -0.543. The molecule has 0 aromatic carbocycles. The van der Waals surface area contributed by atoms with Crippen molar-refractivity contribution < 1.29 is 4.79 Å². The van der Waals surface area contributed by atoms with Crippen LogP contribution in [0.15, 0.2) is 15.9 Å². The van der Waals surface area contributed by atoms with Gasteiger partial charge in [0.05, 0.1) is 6.33 Å². The van der Waals surface area contributed by atoms with Gasteiger partial charge in [0.2, 0.25) is 5.91 Å². The Bertz CT molecular complexity index is 856. The van der Waals surface area contributed by atoms with E-state index in [1.807, 2.05) is 0 Å². The molecule has 0 spiro atoms. The van der Waals surface area contributed by atoms with Crippen LogP contribution in [0, 0.1) is 0 Å². The standard InChI is InChI=1S/C14H20N6O3/c1-18-8-16-12-11(18)13(22)20(14(23)19(12)2)7-10(21)17-9-4-3-5-15-6-9/h8-9,15H,3-7H2,1-2H3,(H,17,21)/t9-/m0/s1. The first-order chi connectivity index (χ1) is 11.0. The van der Waals surface area contributed by atoms with Gasteiger partial charge < -0.3 is 15.2 Å². The summed E-state index contributed by atoms with van der Waals surface area (Å²) in [5, 5.41) is 6.07. The van der Waals surface area contributed by atoms with E-state index in [-0.39, 0.29) is 18.5 Å². The van der Waals surface area contributed by atoms with Gasteiger partial charge in [-0.1, -0.05) is 0 Å². The summed E-state index contributed by atoms with van der Waals surface area (Å²) in [4.78, 5) is 41.1. The van der Waals surface area contributed by atoms with E-state index in [9.17, 15) is 14.4 Å². The summed E-state index contributed by atoms with van der Waals surface area (Å²) in [5.41, 5.74) is -0.423. The second-order valence-corrected chi connectivity index (χ2v) is 5.87. The highest BCUT2D eigenvalue weighted by Gasteiger charge is 2.19. The highest BCUT2D eigenvalue weighted by molar-refractivity contribution is 5.77. The third-order valence-electron chi connectivity index (χ3n) is 4.16. The number of nitrogens with one attached hydrogen (secondary N) is 2. The van der Waals surface area contributed by atoms with Crippen LogP contribution in [0.5, 0.6) is 0 Å². The van der Waals surface area contributed by atoms with Gasteiger partial charge in [-0.05, 0) is 19.4 Å². The molecule has 1 aliphatic rings. The number of imidazole rings is 1. The van der Waals surface area contributed by atoms with Crippen LogP contribution in [0.3, 0.4) is 0 Å². The van der Waals surface area contributed by atoms with Gasteiger partial charge in [0.25, 0.3) is 5.56 Å². The zero-order valence-corrected chi connectivity index (χ0v) is 13.2. The maximum Gasteiger partial charge on any atom is 0.332 e. The molecular formula is C14H20N6O3. The van der Waals surface area contributed by atoms with Crippen LogP contribution in [-0.2, 0) is 25.4 Å². The molecule has 9 heteroatoms. The zero-order chi connectivity index (χ0) is 16.6. The van der Waals surface area contributed by atoms with Crippen molar-refractivity contribution in [2.24, 2.45) is 14.1 Å². The average Bonchev–Trinajstić information content (AvgIpc) is 2.92. The van der Waals surface area contributed by atoms with Crippen LogP contribution in [-0.4, -0.2) is 43.7 Å². The lowest BCUT2D eigenvalue weighted by Crippen LogP contribution is -2.49. The molecular weight excluding hydrogens is 300 g/mol. The predicted octanol–water partition coefficient (Wildman–Crippen LogP) is -1.70. The number of rotatable bonds is 3. The number of piperidine rings is 1. The second kappa shape index (κ2) is 5.99. The summed E-state index contributed by atoms with van der Waals surface area (Å²) < 4.78 is 3.79.